The number of hydrogen-bond acceptors (Lipinski definition) is 4. The van der Waals surface area contributed by atoms with Crippen molar-refractivity contribution in [2.45, 2.75) is 13.0 Å². The second kappa shape index (κ2) is 8.56. The minimum atomic E-state index is -0.254. The van der Waals surface area contributed by atoms with E-state index in [0.29, 0.717) is 19.8 Å². The van der Waals surface area contributed by atoms with Crippen LogP contribution in [0.25, 0.3) is 11.3 Å². The van der Waals surface area contributed by atoms with Gasteiger partial charge in [0.1, 0.15) is 17.3 Å². The third kappa shape index (κ3) is 5.30. The molecule has 0 aliphatic rings. The summed E-state index contributed by atoms with van der Waals surface area (Å²) in [6.07, 6.45) is 0.880. The van der Waals surface area contributed by atoms with Crippen LogP contribution >= 0.6 is 0 Å². The number of nitrogens with one attached hydrogen (secondary N) is 1. The minimum absolute atomic E-state index is 0.0615. The Labute approximate surface area is 123 Å². The van der Waals surface area contributed by atoms with Crippen molar-refractivity contribution in [3.8, 4) is 11.3 Å². The lowest BCUT2D eigenvalue weighted by molar-refractivity contribution is 0.0906. The molecule has 0 atom stereocenters. The normalized spacial score (nSPS) is 11.0. The predicted molar refractivity (Wildman–Crippen MR) is 78.3 cm³/mol. The van der Waals surface area contributed by atoms with E-state index in [1.807, 2.05) is 12.1 Å². The third-order valence-corrected chi connectivity index (χ3v) is 2.97. The molecule has 1 heterocycles. The Kier molecular flexibility index (Phi) is 6.40. The van der Waals surface area contributed by atoms with Gasteiger partial charge in [-0.05, 0) is 49.4 Å². The van der Waals surface area contributed by atoms with Crippen LogP contribution in [-0.4, -0.2) is 31.5 Å². The van der Waals surface area contributed by atoms with E-state index in [4.69, 9.17) is 14.3 Å². The van der Waals surface area contributed by atoms with Crippen LogP contribution < -0.4 is 5.32 Å². The highest BCUT2D eigenvalue weighted by molar-refractivity contribution is 5.57. The maximum atomic E-state index is 12.9. The zero-order valence-corrected chi connectivity index (χ0v) is 11.8. The lowest BCUT2D eigenvalue weighted by Gasteiger charge is -2.03. The van der Waals surface area contributed by atoms with Crippen LogP contribution in [0.4, 0.5) is 4.39 Å². The smallest absolute Gasteiger partial charge is 0.134 e. The van der Waals surface area contributed by atoms with E-state index in [1.165, 1.54) is 12.1 Å². The fraction of sp³-hybridized carbons (Fsp3) is 0.375. The van der Waals surface area contributed by atoms with E-state index in [-0.39, 0.29) is 12.4 Å². The number of aliphatic hydroxyl groups excluding tert-OH is 1. The molecule has 0 bridgehead atoms. The van der Waals surface area contributed by atoms with Gasteiger partial charge in [-0.3, -0.25) is 0 Å². The molecule has 0 aliphatic carbocycles. The first-order chi connectivity index (χ1) is 10.3. The molecule has 114 valence electrons. The molecule has 0 unspecified atom stereocenters. The molecule has 2 rings (SSSR count). The van der Waals surface area contributed by atoms with E-state index < -0.39 is 0 Å². The molecule has 0 spiro atoms. The standard InChI is InChI=1S/C16H20FNO3/c17-14-4-2-13(3-5-14)16-7-6-15(21-16)12-18-8-1-10-20-11-9-19/h2-7,18-19H,1,8-12H2. The Morgan fingerprint density at radius 1 is 1.10 bits per heavy atom. The van der Waals surface area contributed by atoms with Gasteiger partial charge in [-0.1, -0.05) is 0 Å². The van der Waals surface area contributed by atoms with Crippen molar-refractivity contribution >= 4 is 0 Å². The predicted octanol–water partition coefficient (Wildman–Crippen LogP) is 2.57. The molecule has 4 nitrogen and oxygen atoms in total. The van der Waals surface area contributed by atoms with Gasteiger partial charge in [0, 0.05) is 12.2 Å². The Balaban J connectivity index is 1.72. The molecule has 0 fully saturated rings. The lowest BCUT2D eigenvalue weighted by atomic mass is 10.2. The van der Waals surface area contributed by atoms with Crippen molar-refractivity contribution in [3.63, 3.8) is 0 Å². The highest BCUT2D eigenvalue weighted by Crippen LogP contribution is 2.22. The molecular weight excluding hydrogens is 273 g/mol. The van der Waals surface area contributed by atoms with Gasteiger partial charge in [-0.25, -0.2) is 4.39 Å². The third-order valence-electron chi connectivity index (χ3n) is 2.97. The largest absolute Gasteiger partial charge is 0.460 e. The maximum Gasteiger partial charge on any atom is 0.134 e. The zero-order chi connectivity index (χ0) is 14.9. The number of hydrogen-bond donors (Lipinski definition) is 2. The van der Waals surface area contributed by atoms with E-state index in [1.54, 1.807) is 12.1 Å². The summed E-state index contributed by atoms with van der Waals surface area (Å²) in [7, 11) is 0. The molecule has 5 heteroatoms. The van der Waals surface area contributed by atoms with E-state index in [9.17, 15) is 4.39 Å². The molecule has 0 aliphatic heterocycles. The van der Waals surface area contributed by atoms with Crippen molar-refractivity contribution in [1.29, 1.82) is 0 Å². The fourth-order valence-electron chi connectivity index (χ4n) is 1.92. The van der Waals surface area contributed by atoms with E-state index in [0.717, 1.165) is 30.0 Å². The first-order valence-corrected chi connectivity index (χ1v) is 7.03. The van der Waals surface area contributed by atoms with Crippen LogP contribution in [0.15, 0.2) is 40.8 Å². The number of rotatable bonds is 9. The summed E-state index contributed by atoms with van der Waals surface area (Å²) in [4.78, 5) is 0. The monoisotopic (exact) mass is 293 g/mol. The van der Waals surface area contributed by atoms with Gasteiger partial charge in [0.25, 0.3) is 0 Å². The van der Waals surface area contributed by atoms with Gasteiger partial charge in [-0.15, -0.1) is 0 Å². The van der Waals surface area contributed by atoms with Crippen molar-refractivity contribution in [2.24, 2.45) is 0 Å². The second-order valence-corrected chi connectivity index (χ2v) is 4.64. The van der Waals surface area contributed by atoms with E-state index >= 15 is 0 Å². The molecule has 0 amide bonds. The van der Waals surface area contributed by atoms with Crippen LogP contribution in [0.3, 0.4) is 0 Å². The summed E-state index contributed by atoms with van der Waals surface area (Å²) in [5, 5.41) is 11.8. The van der Waals surface area contributed by atoms with Crippen molar-refractivity contribution in [1.82, 2.24) is 5.32 Å². The van der Waals surface area contributed by atoms with Gasteiger partial charge >= 0.3 is 0 Å². The van der Waals surface area contributed by atoms with Gasteiger partial charge in [-0.2, -0.15) is 0 Å². The van der Waals surface area contributed by atoms with Crippen LogP contribution in [0.5, 0.6) is 0 Å². The quantitative estimate of drug-likeness (QED) is 0.698. The van der Waals surface area contributed by atoms with Crippen LogP contribution in [0.1, 0.15) is 12.2 Å². The van der Waals surface area contributed by atoms with Gasteiger partial charge in [0.15, 0.2) is 0 Å². The molecular formula is C16H20FNO3. The second-order valence-electron chi connectivity index (χ2n) is 4.64. The Morgan fingerprint density at radius 3 is 2.67 bits per heavy atom. The summed E-state index contributed by atoms with van der Waals surface area (Å²) in [5.41, 5.74) is 0.861. The number of furan rings is 1. The van der Waals surface area contributed by atoms with Crippen LogP contribution in [-0.2, 0) is 11.3 Å². The average Bonchev–Trinajstić information content (AvgIpc) is 2.96. The van der Waals surface area contributed by atoms with Gasteiger partial charge in [0.2, 0.25) is 0 Å². The molecule has 0 saturated carbocycles. The molecule has 2 aromatic rings. The Hall–Kier alpha value is -1.69. The summed E-state index contributed by atoms with van der Waals surface area (Å²) >= 11 is 0. The first kappa shape index (κ1) is 15.7. The summed E-state index contributed by atoms with van der Waals surface area (Å²) in [6, 6.07) is 10.0. The molecule has 0 radical (unpaired) electrons. The van der Waals surface area contributed by atoms with E-state index in [2.05, 4.69) is 5.32 Å². The van der Waals surface area contributed by atoms with Gasteiger partial charge in [0.05, 0.1) is 19.8 Å². The number of benzene rings is 1. The summed E-state index contributed by atoms with van der Waals surface area (Å²) in [5.74, 6) is 1.32. The molecule has 0 saturated heterocycles. The number of halogens is 1. The summed E-state index contributed by atoms with van der Waals surface area (Å²) in [6.45, 7) is 2.54. The first-order valence-electron chi connectivity index (χ1n) is 7.03. The lowest BCUT2D eigenvalue weighted by Crippen LogP contribution is -2.16. The SMILES string of the molecule is OCCOCCCNCc1ccc(-c2ccc(F)cc2)o1. The molecule has 1 aromatic carbocycles. The Bertz CT molecular complexity index is 525. The number of aliphatic hydroxyl groups is 1. The molecule has 21 heavy (non-hydrogen) atoms. The van der Waals surface area contributed by atoms with Crippen molar-refractivity contribution in [2.75, 3.05) is 26.4 Å². The highest BCUT2D eigenvalue weighted by Gasteiger charge is 2.04. The van der Waals surface area contributed by atoms with Crippen molar-refractivity contribution in [3.05, 3.63) is 48.0 Å². The van der Waals surface area contributed by atoms with Gasteiger partial charge < -0.3 is 19.6 Å². The fourth-order valence-corrected chi connectivity index (χ4v) is 1.92. The Morgan fingerprint density at radius 2 is 1.90 bits per heavy atom. The van der Waals surface area contributed by atoms with Crippen LogP contribution in [0.2, 0.25) is 0 Å². The maximum absolute atomic E-state index is 12.9. The zero-order valence-electron chi connectivity index (χ0n) is 11.8. The van der Waals surface area contributed by atoms with Crippen LogP contribution in [0, 0.1) is 5.82 Å². The number of ether oxygens (including phenoxy) is 1. The topological polar surface area (TPSA) is 54.6 Å². The van der Waals surface area contributed by atoms with Crippen molar-refractivity contribution < 1.29 is 18.7 Å². The molecule has 1 aromatic heterocycles. The minimum Gasteiger partial charge on any atom is -0.460 e. The molecule has 2 N–H and O–H groups in total. The summed E-state index contributed by atoms with van der Waals surface area (Å²) < 4.78 is 23.7. The highest BCUT2D eigenvalue weighted by atomic mass is 19.1. The average molecular weight is 293 g/mol.